The summed E-state index contributed by atoms with van der Waals surface area (Å²) in [5.74, 6) is 0.110. The first-order valence-electron chi connectivity index (χ1n) is 10.2. The van der Waals surface area contributed by atoms with Crippen LogP contribution in [0.1, 0.15) is 44.1 Å². The van der Waals surface area contributed by atoms with Gasteiger partial charge in [-0.3, -0.25) is 4.79 Å². The number of hydrogen-bond acceptors (Lipinski definition) is 6. The van der Waals surface area contributed by atoms with Crippen LogP contribution in [0.3, 0.4) is 0 Å². The molecule has 0 amide bonds. The van der Waals surface area contributed by atoms with Crippen LogP contribution in [0.5, 0.6) is 11.5 Å². The lowest BCUT2D eigenvalue weighted by Crippen LogP contribution is -2.18. The molecule has 3 rings (SSSR count). The summed E-state index contributed by atoms with van der Waals surface area (Å²) in [7, 11) is 0. The minimum atomic E-state index is -0.428. The first-order valence-corrected chi connectivity index (χ1v) is 11.4. The number of rotatable bonds is 9. The van der Waals surface area contributed by atoms with E-state index in [1.54, 1.807) is 30.5 Å². The molecular weight excluding hydrogens is 417 g/mol. The predicted molar refractivity (Wildman–Crippen MR) is 121 cm³/mol. The van der Waals surface area contributed by atoms with Gasteiger partial charge in [-0.25, -0.2) is 4.39 Å². The van der Waals surface area contributed by atoms with Crippen molar-refractivity contribution < 1.29 is 23.9 Å². The molecular formula is C24H26FNO4S. The zero-order valence-corrected chi connectivity index (χ0v) is 18.5. The molecule has 31 heavy (non-hydrogen) atoms. The van der Waals surface area contributed by atoms with Gasteiger partial charge in [0.05, 0.1) is 5.76 Å². The monoisotopic (exact) mass is 443 g/mol. The number of aliphatic hydroxyl groups is 1. The molecule has 1 unspecified atom stereocenters. The van der Waals surface area contributed by atoms with Crippen LogP contribution in [0.4, 0.5) is 4.39 Å². The fraction of sp³-hybridized carbons (Fsp3) is 0.333. The first kappa shape index (κ1) is 22.9. The lowest BCUT2D eigenvalue weighted by molar-refractivity contribution is -0.116. The van der Waals surface area contributed by atoms with Crippen molar-refractivity contribution in [2.24, 2.45) is 5.16 Å². The molecule has 2 aromatic rings. The van der Waals surface area contributed by atoms with Gasteiger partial charge in [0.2, 0.25) is 0 Å². The standard InChI is InChI=1S/C24H26FNO4S/c1-3-29-26-11-5-8-20-22(27)13-17(14-23(20)28)16-6-4-7-18(12-16)30-24-10-9-19(31-2)15-21(24)25/h4,6-7,9-12,15,17,27H,3,5,8,13-14H2,1-2H3. The van der Waals surface area contributed by atoms with Crippen LogP contribution in [-0.2, 0) is 9.63 Å². The Bertz CT molecular complexity index is 989. The Balaban J connectivity index is 1.69. The highest BCUT2D eigenvalue weighted by molar-refractivity contribution is 7.98. The molecule has 1 N–H and O–H groups in total. The maximum atomic E-state index is 14.3. The van der Waals surface area contributed by atoms with Crippen molar-refractivity contribution in [2.75, 3.05) is 12.9 Å². The molecule has 0 saturated heterocycles. The fourth-order valence-corrected chi connectivity index (χ4v) is 3.92. The number of ketones is 1. The van der Waals surface area contributed by atoms with E-state index in [-0.39, 0.29) is 23.2 Å². The SMILES string of the molecule is CCON=CCCC1=C(O)CC(c2cccc(Oc3ccc(SC)cc3F)c2)CC1=O. The topological polar surface area (TPSA) is 68.1 Å². The van der Waals surface area contributed by atoms with Gasteiger partial charge in [0.1, 0.15) is 12.4 Å². The van der Waals surface area contributed by atoms with E-state index in [0.29, 0.717) is 43.6 Å². The summed E-state index contributed by atoms with van der Waals surface area (Å²) >= 11 is 1.46. The number of aliphatic hydroxyl groups excluding tert-OH is 1. The van der Waals surface area contributed by atoms with Crippen LogP contribution in [0, 0.1) is 5.82 Å². The van der Waals surface area contributed by atoms with Crippen LogP contribution in [0.2, 0.25) is 0 Å². The van der Waals surface area contributed by atoms with E-state index in [1.807, 2.05) is 25.3 Å². The molecule has 1 aliphatic carbocycles. The number of nitrogens with zero attached hydrogens (tertiary/aromatic N) is 1. The smallest absolute Gasteiger partial charge is 0.166 e. The van der Waals surface area contributed by atoms with E-state index in [4.69, 9.17) is 9.57 Å². The van der Waals surface area contributed by atoms with Crippen LogP contribution >= 0.6 is 11.8 Å². The first-order chi connectivity index (χ1) is 15.0. The van der Waals surface area contributed by atoms with Crippen LogP contribution in [0.25, 0.3) is 0 Å². The number of allylic oxidation sites excluding steroid dienone is 2. The largest absolute Gasteiger partial charge is 0.512 e. The molecule has 0 aliphatic heterocycles. The lowest BCUT2D eigenvalue weighted by atomic mass is 9.81. The fourth-order valence-electron chi connectivity index (χ4n) is 3.50. The number of carbonyl (C=O) groups excluding carboxylic acids is 1. The number of halogens is 1. The minimum absolute atomic E-state index is 0.0661. The molecule has 1 aliphatic rings. The number of ether oxygens (including phenoxy) is 1. The second-order valence-electron chi connectivity index (χ2n) is 7.17. The third-order valence-corrected chi connectivity index (χ3v) is 5.78. The van der Waals surface area contributed by atoms with Crippen molar-refractivity contribution in [2.45, 2.75) is 43.4 Å². The number of hydrogen-bond donors (Lipinski definition) is 1. The van der Waals surface area contributed by atoms with Crippen LogP contribution < -0.4 is 4.74 Å². The normalized spacial score (nSPS) is 16.7. The maximum Gasteiger partial charge on any atom is 0.166 e. The summed E-state index contributed by atoms with van der Waals surface area (Å²) in [5.41, 5.74) is 1.33. The second-order valence-corrected chi connectivity index (χ2v) is 8.05. The van der Waals surface area contributed by atoms with Gasteiger partial charge in [-0.15, -0.1) is 11.8 Å². The summed E-state index contributed by atoms with van der Waals surface area (Å²) in [6.07, 6.45) is 5.14. The van der Waals surface area contributed by atoms with Gasteiger partial charge >= 0.3 is 0 Å². The van der Waals surface area contributed by atoms with Gasteiger partial charge in [0.15, 0.2) is 17.3 Å². The quantitative estimate of drug-likeness (QED) is 0.276. The number of thioether (sulfide) groups is 1. The van der Waals surface area contributed by atoms with Gasteiger partial charge in [-0.05, 0) is 67.8 Å². The maximum absolute atomic E-state index is 14.3. The average Bonchev–Trinajstić information content (AvgIpc) is 2.76. The van der Waals surface area contributed by atoms with Gasteiger partial charge in [-0.2, -0.15) is 0 Å². The summed E-state index contributed by atoms with van der Waals surface area (Å²) in [6, 6.07) is 12.1. The highest BCUT2D eigenvalue weighted by Gasteiger charge is 2.28. The molecule has 5 nitrogen and oxygen atoms in total. The molecule has 0 fully saturated rings. The van der Waals surface area contributed by atoms with Crippen molar-refractivity contribution in [1.82, 2.24) is 0 Å². The molecule has 7 heteroatoms. The Morgan fingerprint density at radius 3 is 2.81 bits per heavy atom. The van der Waals surface area contributed by atoms with Crippen LogP contribution in [-0.4, -0.2) is 30.0 Å². The molecule has 0 radical (unpaired) electrons. The van der Waals surface area contributed by atoms with Crippen molar-refractivity contribution in [3.63, 3.8) is 0 Å². The average molecular weight is 444 g/mol. The van der Waals surface area contributed by atoms with Gasteiger partial charge in [-0.1, -0.05) is 17.3 Å². The molecule has 2 aromatic carbocycles. The van der Waals surface area contributed by atoms with Crippen molar-refractivity contribution >= 4 is 23.8 Å². The lowest BCUT2D eigenvalue weighted by Gasteiger charge is -2.24. The molecule has 0 spiro atoms. The molecule has 164 valence electrons. The summed E-state index contributed by atoms with van der Waals surface area (Å²) in [6.45, 7) is 2.33. The van der Waals surface area contributed by atoms with Crippen molar-refractivity contribution in [3.8, 4) is 11.5 Å². The zero-order valence-electron chi connectivity index (χ0n) is 17.6. The van der Waals surface area contributed by atoms with E-state index in [9.17, 15) is 14.3 Å². The highest BCUT2D eigenvalue weighted by atomic mass is 32.2. The molecule has 0 saturated carbocycles. The Hall–Kier alpha value is -2.80. The molecule has 1 atom stereocenters. The number of carbonyl (C=O) groups is 1. The van der Waals surface area contributed by atoms with Gasteiger partial charge < -0.3 is 14.7 Å². The molecule has 0 bridgehead atoms. The second kappa shape index (κ2) is 11.0. The van der Waals surface area contributed by atoms with Crippen molar-refractivity contribution in [3.05, 3.63) is 65.2 Å². The summed E-state index contributed by atoms with van der Waals surface area (Å²) in [5, 5.41) is 14.2. The number of oxime groups is 1. The Kier molecular flexibility index (Phi) is 8.12. The van der Waals surface area contributed by atoms with Gasteiger partial charge in [0.25, 0.3) is 0 Å². The predicted octanol–water partition coefficient (Wildman–Crippen LogP) is 6.40. The Labute approximate surface area is 185 Å². The molecule has 0 heterocycles. The van der Waals surface area contributed by atoms with Crippen LogP contribution in [0.15, 0.2) is 63.8 Å². The highest BCUT2D eigenvalue weighted by Crippen LogP contribution is 2.37. The van der Waals surface area contributed by atoms with E-state index in [0.717, 1.165) is 10.5 Å². The van der Waals surface area contributed by atoms with E-state index < -0.39 is 5.82 Å². The van der Waals surface area contributed by atoms with Gasteiger partial charge in [0, 0.05) is 29.5 Å². The Morgan fingerprint density at radius 1 is 1.26 bits per heavy atom. The number of Topliss-reactive ketones (excluding diaryl/α,β-unsaturated/α-hetero) is 1. The third-order valence-electron chi connectivity index (χ3n) is 5.05. The summed E-state index contributed by atoms with van der Waals surface area (Å²) < 4.78 is 20.0. The Morgan fingerprint density at radius 2 is 2.10 bits per heavy atom. The van der Waals surface area contributed by atoms with E-state index in [2.05, 4.69) is 5.16 Å². The number of benzene rings is 2. The van der Waals surface area contributed by atoms with Crippen molar-refractivity contribution in [1.29, 1.82) is 0 Å². The third kappa shape index (κ3) is 6.10. The zero-order chi connectivity index (χ0) is 22.2. The van der Waals surface area contributed by atoms with E-state index >= 15 is 0 Å². The minimum Gasteiger partial charge on any atom is -0.512 e. The summed E-state index contributed by atoms with van der Waals surface area (Å²) in [4.78, 5) is 18.3. The molecule has 0 aromatic heterocycles. The van der Waals surface area contributed by atoms with E-state index in [1.165, 1.54) is 17.8 Å².